The van der Waals surface area contributed by atoms with Crippen LogP contribution < -0.4 is 0 Å². The van der Waals surface area contributed by atoms with E-state index < -0.39 is 0 Å². The maximum absolute atomic E-state index is 9.91. The second kappa shape index (κ2) is 6.71. The van der Waals surface area contributed by atoms with Gasteiger partial charge in [-0.2, -0.15) is 0 Å². The predicted molar refractivity (Wildman–Crippen MR) is 39.9 cm³/mol. The first-order chi connectivity index (χ1) is 4.81. The molecule has 0 unspecified atom stereocenters. The van der Waals surface area contributed by atoms with Gasteiger partial charge in [0.05, 0.1) is 0 Å². The minimum Gasteiger partial charge on any atom is -0.396 e. The molecule has 0 aliphatic rings. The van der Waals surface area contributed by atoms with Crippen LogP contribution in [0, 0.1) is 0 Å². The molecular formula is C7H15NO2. The standard InChI is InChI=1S/C7H15NO2/c1-8(4-2-6-9)5-3-7-10/h6,10H,2-5,7H2,1H3. The van der Waals surface area contributed by atoms with Crippen LogP contribution in [-0.4, -0.2) is 43.0 Å². The number of carbonyl (C=O) groups excluding carboxylic acids is 1. The summed E-state index contributed by atoms with van der Waals surface area (Å²) in [5, 5.41) is 8.44. The summed E-state index contributed by atoms with van der Waals surface area (Å²) in [4.78, 5) is 11.9. The Morgan fingerprint density at radius 3 is 2.70 bits per heavy atom. The number of aliphatic hydroxyl groups excluding tert-OH is 1. The summed E-state index contributed by atoms with van der Waals surface area (Å²) >= 11 is 0. The van der Waals surface area contributed by atoms with Gasteiger partial charge in [-0.25, -0.2) is 0 Å². The highest BCUT2D eigenvalue weighted by atomic mass is 16.3. The molecule has 3 heteroatoms. The van der Waals surface area contributed by atoms with E-state index in [1.807, 2.05) is 11.9 Å². The first-order valence-corrected chi connectivity index (χ1v) is 3.54. The molecule has 0 atom stereocenters. The van der Waals surface area contributed by atoms with E-state index in [1.165, 1.54) is 0 Å². The summed E-state index contributed by atoms with van der Waals surface area (Å²) in [5.74, 6) is 0. The molecule has 0 aliphatic heterocycles. The SMILES string of the molecule is CN(CCC=O)CCCO. The van der Waals surface area contributed by atoms with Crippen LogP contribution in [0.4, 0.5) is 0 Å². The maximum atomic E-state index is 9.91. The Balaban J connectivity index is 3.07. The molecule has 10 heavy (non-hydrogen) atoms. The highest BCUT2D eigenvalue weighted by molar-refractivity contribution is 5.49. The number of hydrogen-bond donors (Lipinski definition) is 1. The molecule has 0 saturated heterocycles. The highest BCUT2D eigenvalue weighted by Crippen LogP contribution is 1.86. The second-order valence-electron chi connectivity index (χ2n) is 2.34. The molecule has 0 aromatic rings. The molecule has 0 saturated carbocycles. The summed E-state index contributed by atoms with van der Waals surface area (Å²) < 4.78 is 0. The van der Waals surface area contributed by atoms with E-state index in [1.54, 1.807) is 0 Å². The van der Waals surface area contributed by atoms with Gasteiger partial charge in [0.25, 0.3) is 0 Å². The van der Waals surface area contributed by atoms with Crippen LogP contribution in [0.1, 0.15) is 12.8 Å². The smallest absolute Gasteiger partial charge is 0.121 e. The van der Waals surface area contributed by atoms with Gasteiger partial charge >= 0.3 is 0 Å². The molecule has 0 bridgehead atoms. The summed E-state index contributed by atoms with van der Waals surface area (Å²) in [6.07, 6.45) is 2.28. The fourth-order valence-corrected chi connectivity index (χ4v) is 0.726. The van der Waals surface area contributed by atoms with Gasteiger partial charge in [-0.3, -0.25) is 0 Å². The molecule has 0 fully saturated rings. The largest absolute Gasteiger partial charge is 0.396 e. The van der Waals surface area contributed by atoms with Crippen molar-refractivity contribution in [2.75, 3.05) is 26.7 Å². The first kappa shape index (κ1) is 9.59. The van der Waals surface area contributed by atoms with Crippen LogP contribution in [0.3, 0.4) is 0 Å². The zero-order valence-corrected chi connectivity index (χ0v) is 6.42. The Labute approximate surface area is 61.6 Å². The van der Waals surface area contributed by atoms with Crippen molar-refractivity contribution < 1.29 is 9.90 Å². The minimum atomic E-state index is 0.228. The fraction of sp³-hybridized carbons (Fsp3) is 0.857. The maximum Gasteiger partial charge on any atom is 0.121 e. The number of rotatable bonds is 6. The number of carbonyl (C=O) groups is 1. The van der Waals surface area contributed by atoms with Crippen molar-refractivity contribution in [2.45, 2.75) is 12.8 Å². The summed E-state index contributed by atoms with van der Waals surface area (Å²) in [6, 6.07) is 0. The van der Waals surface area contributed by atoms with Crippen molar-refractivity contribution in [1.82, 2.24) is 4.90 Å². The second-order valence-corrected chi connectivity index (χ2v) is 2.34. The lowest BCUT2D eigenvalue weighted by Crippen LogP contribution is -2.21. The third-order valence-corrected chi connectivity index (χ3v) is 1.33. The average molecular weight is 145 g/mol. The molecule has 0 radical (unpaired) electrons. The Morgan fingerprint density at radius 1 is 1.50 bits per heavy atom. The average Bonchev–Trinajstić information content (AvgIpc) is 1.97. The molecule has 1 N–H and O–H groups in total. The van der Waals surface area contributed by atoms with Gasteiger partial charge in [0, 0.05) is 26.1 Å². The normalized spacial score (nSPS) is 10.3. The predicted octanol–water partition coefficient (Wildman–Crippen LogP) is -0.110. The molecular weight excluding hydrogens is 130 g/mol. The van der Waals surface area contributed by atoms with Crippen molar-refractivity contribution in [3.8, 4) is 0 Å². The number of aldehydes is 1. The molecule has 3 nitrogen and oxygen atoms in total. The molecule has 0 heterocycles. The van der Waals surface area contributed by atoms with E-state index in [2.05, 4.69) is 0 Å². The van der Waals surface area contributed by atoms with Crippen LogP contribution in [0.5, 0.6) is 0 Å². The lowest BCUT2D eigenvalue weighted by Gasteiger charge is -2.13. The van der Waals surface area contributed by atoms with Crippen molar-refractivity contribution >= 4 is 6.29 Å². The highest BCUT2D eigenvalue weighted by Gasteiger charge is 1.94. The molecule has 0 aromatic carbocycles. The molecule has 0 spiro atoms. The van der Waals surface area contributed by atoms with E-state index >= 15 is 0 Å². The number of hydrogen-bond acceptors (Lipinski definition) is 3. The Morgan fingerprint density at radius 2 is 2.20 bits per heavy atom. The van der Waals surface area contributed by atoms with E-state index in [0.717, 1.165) is 25.8 Å². The van der Waals surface area contributed by atoms with Crippen LogP contribution in [-0.2, 0) is 4.79 Å². The van der Waals surface area contributed by atoms with Crippen LogP contribution >= 0.6 is 0 Å². The van der Waals surface area contributed by atoms with Gasteiger partial charge in [0.15, 0.2) is 0 Å². The minimum absolute atomic E-state index is 0.228. The van der Waals surface area contributed by atoms with E-state index in [0.29, 0.717) is 6.42 Å². The van der Waals surface area contributed by atoms with Crippen molar-refractivity contribution in [2.24, 2.45) is 0 Å². The van der Waals surface area contributed by atoms with Gasteiger partial charge < -0.3 is 14.8 Å². The number of nitrogens with zero attached hydrogens (tertiary/aromatic N) is 1. The van der Waals surface area contributed by atoms with Crippen LogP contribution in [0.2, 0.25) is 0 Å². The van der Waals surface area contributed by atoms with Gasteiger partial charge in [-0.1, -0.05) is 0 Å². The Kier molecular flexibility index (Phi) is 6.43. The van der Waals surface area contributed by atoms with Gasteiger partial charge in [0.1, 0.15) is 6.29 Å². The van der Waals surface area contributed by atoms with E-state index in [9.17, 15) is 4.79 Å². The zero-order chi connectivity index (χ0) is 7.82. The molecule has 0 aromatic heterocycles. The summed E-state index contributed by atoms with van der Waals surface area (Å²) in [6.45, 7) is 1.89. The lowest BCUT2D eigenvalue weighted by atomic mass is 10.4. The molecule has 0 amide bonds. The van der Waals surface area contributed by atoms with Gasteiger partial charge in [-0.15, -0.1) is 0 Å². The van der Waals surface area contributed by atoms with E-state index in [-0.39, 0.29) is 6.61 Å². The molecule has 0 rings (SSSR count). The molecule has 0 aliphatic carbocycles. The van der Waals surface area contributed by atoms with Crippen LogP contribution in [0.15, 0.2) is 0 Å². The topological polar surface area (TPSA) is 40.5 Å². The zero-order valence-electron chi connectivity index (χ0n) is 6.42. The number of aliphatic hydroxyl groups is 1. The molecule has 60 valence electrons. The monoisotopic (exact) mass is 145 g/mol. The Hall–Kier alpha value is -0.410. The van der Waals surface area contributed by atoms with Gasteiger partial charge in [-0.05, 0) is 13.5 Å². The van der Waals surface area contributed by atoms with E-state index in [4.69, 9.17) is 5.11 Å². The van der Waals surface area contributed by atoms with Gasteiger partial charge in [0.2, 0.25) is 0 Å². The third-order valence-electron chi connectivity index (χ3n) is 1.33. The van der Waals surface area contributed by atoms with Crippen molar-refractivity contribution in [3.63, 3.8) is 0 Å². The summed E-state index contributed by atoms with van der Waals surface area (Å²) in [7, 11) is 1.94. The first-order valence-electron chi connectivity index (χ1n) is 3.54. The quantitative estimate of drug-likeness (QED) is 0.530. The Bertz CT molecular complexity index is 85.7. The van der Waals surface area contributed by atoms with Crippen LogP contribution in [0.25, 0.3) is 0 Å². The lowest BCUT2D eigenvalue weighted by molar-refractivity contribution is -0.108. The third kappa shape index (κ3) is 5.72. The summed E-state index contributed by atoms with van der Waals surface area (Å²) in [5.41, 5.74) is 0. The fourth-order valence-electron chi connectivity index (χ4n) is 0.726. The van der Waals surface area contributed by atoms with Crippen molar-refractivity contribution in [1.29, 1.82) is 0 Å². The van der Waals surface area contributed by atoms with Crippen molar-refractivity contribution in [3.05, 3.63) is 0 Å².